The van der Waals surface area contributed by atoms with Crippen LogP contribution in [0.3, 0.4) is 0 Å². The second kappa shape index (κ2) is 13.9. The number of halogens is 3. The minimum Gasteiger partial charge on any atom is -0.493 e. The van der Waals surface area contributed by atoms with Crippen molar-refractivity contribution in [1.82, 2.24) is 25.4 Å². The van der Waals surface area contributed by atoms with Crippen molar-refractivity contribution in [2.24, 2.45) is 4.99 Å². The predicted molar refractivity (Wildman–Crippen MR) is 122 cm³/mol. The van der Waals surface area contributed by atoms with Crippen molar-refractivity contribution in [3.05, 3.63) is 35.9 Å². The third-order valence-electron chi connectivity index (χ3n) is 4.12. The molecule has 0 aliphatic rings. The van der Waals surface area contributed by atoms with Crippen molar-refractivity contribution in [2.45, 2.75) is 39.8 Å². The quantitative estimate of drug-likeness (QED) is 0.260. The number of aliphatic imine (C=N–C) groups is 1. The minimum atomic E-state index is -2.90. The molecule has 2 N–H and O–H groups in total. The van der Waals surface area contributed by atoms with Crippen LogP contribution in [0, 0.1) is 0 Å². The lowest BCUT2D eigenvalue weighted by atomic mass is 10.1. The van der Waals surface area contributed by atoms with Crippen molar-refractivity contribution < 1.29 is 18.3 Å². The number of hydrogen-bond acceptors (Lipinski definition) is 5. The average Bonchev–Trinajstić information content (AvgIpc) is 3.15. The number of benzene rings is 1. The highest BCUT2D eigenvalue weighted by Gasteiger charge is 2.11. The van der Waals surface area contributed by atoms with Crippen molar-refractivity contribution >= 4 is 29.9 Å². The van der Waals surface area contributed by atoms with Crippen LogP contribution in [0.15, 0.2) is 29.5 Å². The van der Waals surface area contributed by atoms with Crippen molar-refractivity contribution in [3.8, 4) is 11.5 Å². The van der Waals surface area contributed by atoms with E-state index in [0.717, 1.165) is 30.9 Å². The van der Waals surface area contributed by atoms with Crippen LogP contribution >= 0.6 is 24.0 Å². The molecule has 8 nitrogen and oxygen atoms in total. The first-order valence-corrected chi connectivity index (χ1v) is 9.57. The van der Waals surface area contributed by atoms with Crippen LogP contribution in [-0.2, 0) is 19.4 Å². The number of hydrogen-bond donors (Lipinski definition) is 2. The van der Waals surface area contributed by atoms with E-state index in [1.54, 1.807) is 18.5 Å². The van der Waals surface area contributed by atoms with Gasteiger partial charge in [0, 0.05) is 32.6 Å². The van der Waals surface area contributed by atoms with Gasteiger partial charge in [-0.05, 0) is 31.0 Å². The van der Waals surface area contributed by atoms with Gasteiger partial charge < -0.3 is 24.7 Å². The van der Waals surface area contributed by atoms with Crippen LogP contribution in [0.2, 0.25) is 0 Å². The summed E-state index contributed by atoms with van der Waals surface area (Å²) in [6.07, 6.45) is 3.12. The molecule has 0 atom stereocenters. The number of nitrogens with one attached hydrogen (secondary N) is 2. The minimum absolute atomic E-state index is 0. The molecule has 0 radical (unpaired) electrons. The molecule has 168 valence electrons. The standard InChI is InChI=1S/C19H28F2N6O2.HI/c1-4-17-26-25-13-27(17)11-10-24-19(22-5-2)23-9-8-14-6-7-15(28-3)16(12-14)29-18(20)21;/h6-7,12-13,18H,4-5,8-11H2,1-3H3,(H2,22,23,24);1H. The second-order valence-electron chi connectivity index (χ2n) is 6.10. The Bertz CT molecular complexity index is 788. The van der Waals surface area contributed by atoms with Gasteiger partial charge in [-0.2, -0.15) is 8.78 Å². The zero-order valence-electron chi connectivity index (χ0n) is 17.4. The van der Waals surface area contributed by atoms with Gasteiger partial charge in [0.05, 0.1) is 7.11 Å². The van der Waals surface area contributed by atoms with Crippen LogP contribution in [-0.4, -0.2) is 54.1 Å². The Morgan fingerprint density at radius 2 is 2.03 bits per heavy atom. The van der Waals surface area contributed by atoms with Crippen molar-refractivity contribution in [2.75, 3.05) is 26.7 Å². The molecule has 0 amide bonds. The first-order valence-electron chi connectivity index (χ1n) is 9.57. The Morgan fingerprint density at radius 3 is 2.70 bits per heavy atom. The fourth-order valence-corrected chi connectivity index (χ4v) is 2.74. The number of guanidine groups is 1. The predicted octanol–water partition coefficient (Wildman–Crippen LogP) is 2.87. The largest absolute Gasteiger partial charge is 0.493 e. The Kier molecular flexibility index (Phi) is 12.0. The molecule has 0 saturated heterocycles. The third kappa shape index (κ3) is 8.28. The lowest BCUT2D eigenvalue weighted by Gasteiger charge is -2.13. The van der Waals surface area contributed by atoms with Crippen LogP contribution in [0.4, 0.5) is 8.78 Å². The van der Waals surface area contributed by atoms with Crippen molar-refractivity contribution in [3.63, 3.8) is 0 Å². The number of alkyl halides is 2. The molecule has 0 aliphatic heterocycles. The van der Waals surface area contributed by atoms with E-state index in [2.05, 4.69) is 30.6 Å². The number of methoxy groups -OCH3 is 1. The van der Waals surface area contributed by atoms with Crippen LogP contribution < -0.4 is 20.1 Å². The van der Waals surface area contributed by atoms with E-state index >= 15 is 0 Å². The van der Waals surface area contributed by atoms with E-state index in [4.69, 9.17) is 4.74 Å². The number of aromatic nitrogens is 3. The zero-order valence-corrected chi connectivity index (χ0v) is 19.7. The molecule has 1 aromatic carbocycles. The summed E-state index contributed by atoms with van der Waals surface area (Å²) < 4.78 is 36.7. The molecule has 2 rings (SSSR count). The number of ether oxygens (including phenoxy) is 2. The van der Waals surface area contributed by atoms with Crippen LogP contribution in [0.5, 0.6) is 11.5 Å². The maximum absolute atomic E-state index is 12.6. The molecule has 1 heterocycles. The maximum Gasteiger partial charge on any atom is 0.387 e. The first kappa shape index (κ1) is 25.9. The molecular weight excluding hydrogens is 509 g/mol. The van der Waals surface area contributed by atoms with E-state index in [9.17, 15) is 8.78 Å². The molecule has 0 fully saturated rings. The highest BCUT2D eigenvalue weighted by atomic mass is 127. The second-order valence-corrected chi connectivity index (χ2v) is 6.10. The summed E-state index contributed by atoms with van der Waals surface area (Å²) in [6, 6.07) is 4.98. The van der Waals surface area contributed by atoms with Gasteiger partial charge in [-0.25, -0.2) is 0 Å². The summed E-state index contributed by atoms with van der Waals surface area (Å²) >= 11 is 0. The summed E-state index contributed by atoms with van der Waals surface area (Å²) in [5.74, 6) is 1.92. The van der Waals surface area contributed by atoms with Gasteiger partial charge in [0.1, 0.15) is 12.2 Å². The van der Waals surface area contributed by atoms with Crippen LogP contribution in [0.25, 0.3) is 0 Å². The third-order valence-corrected chi connectivity index (χ3v) is 4.12. The van der Waals surface area contributed by atoms with Gasteiger partial charge >= 0.3 is 6.61 Å². The fraction of sp³-hybridized carbons (Fsp3) is 0.526. The fourth-order valence-electron chi connectivity index (χ4n) is 2.74. The van der Waals surface area contributed by atoms with Gasteiger partial charge in [0.2, 0.25) is 0 Å². The number of nitrogens with zero attached hydrogens (tertiary/aromatic N) is 4. The molecule has 30 heavy (non-hydrogen) atoms. The lowest BCUT2D eigenvalue weighted by molar-refractivity contribution is -0.0512. The highest BCUT2D eigenvalue weighted by Crippen LogP contribution is 2.29. The van der Waals surface area contributed by atoms with Gasteiger partial charge in [0.15, 0.2) is 17.5 Å². The van der Waals surface area contributed by atoms with E-state index in [0.29, 0.717) is 25.5 Å². The molecule has 0 saturated carbocycles. The molecular formula is C19H29F2IN6O2. The molecule has 0 spiro atoms. The SMILES string of the molecule is CCNC(=NCCc1ccc(OC)c(OC(F)F)c1)NCCn1cnnc1CC.I. The van der Waals surface area contributed by atoms with E-state index < -0.39 is 6.61 Å². The smallest absolute Gasteiger partial charge is 0.387 e. The van der Waals surface area contributed by atoms with Gasteiger partial charge in [-0.1, -0.05) is 13.0 Å². The first-order chi connectivity index (χ1) is 14.1. The summed E-state index contributed by atoms with van der Waals surface area (Å²) in [5, 5.41) is 14.4. The molecule has 2 aromatic rings. The van der Waals surface area contributed by atoms with Crippen LogP contribution in [0.1, 0.15) is 25.2 Å². The maximum atomic E-state index is 12.6. The Hall–Kier alpha value is -2.18. The summed E-state index contributed by atoms with van der Waals surface area (Å²) in [7, 11) is 1.41. The Balaban J connectivity index is 0.00000450. The van der Waals surface area contributed by atoms with E-state index in [1.807, 2.05) is 24.5 Å². The topological polar surface area (TPSA) is 85.6 Å². The summed E-state index contributed by atoms with van der Waals surface area (Å²) in [4.78, 5) is 4.54. The molecule has 0 aliphatic carbocycles. The van der Waals surface area contributed by atoms with Gasteiger partial charge in [-0.15, -0.1) is 34.2 Å². The molecule has 0 unspecified atom stereocenters. The Labute approximate surface area is 192 Å². The van der Waals surface area contributed by atoms with E-state index in [1.165, 1.54) is 7.11 Å². The number of aryl methyl sites for hydroxylation is 1. The monoisotopic (exact) mass is 538 g/mol. The van der Waals surface area contributed by atoms with Gasteiger partial charge in [-0.3, -0.25) is 4.99 Å². The number of rotatable bonds is 11. The molecule has 0 bridgehead atoms. The summed E-state index contributed by atoms with van der Waals surface area (Å²) in [6.45, 7) is 3.75. The van der Waals surface area contributed by atoms with Crippen molar-refractivity contribution in [1.29, 1.82) is 0 Å². The molecule has 11 heteroatoms. The van der Waals surface area contributed by atoms with Gasteiger partial charge in [0.25, 0.3) is 0 Å². The summed E-state index contributed by atoms with van der Waals surface area (Å²) in [5.41, 5.74) is 0.832. The normalized spacial score (nSPS) is 11.2. The zero-order chi connectivity index (χ0) is 21.1. The Morgan fingerprint density at radius 1 is 1.23 bits per heavy atom. The average molecular weight is 538 g/mol. The molecule has 1 aromatic heterocycles. The van der Waals surface area contributed by atoms with E-state index in [-0.39, 0.29) is 35.5 Å². The lowest BCUT2D eigenvalue weighted by Crippen LogP contribution is -2.39. The highest BCUT2D eigenvalue weighted by molar-refractivity contribution is 14.0.